The molecule has 0 atom stereocenters. The zero-order valence-electron chi connectivity index (χ0n) is 11.1. The summed E-state index contributed by atoms with van der Waals surface area (Å²) < 4.78 is 0.939. The zero-order valence-corrected chi connectivity index (χ0v) is 14.3. The lowest BCUT2D eigenvalue weighted by molar-refractivity contribution is 0.100. The molecule has 1 amide bonds. The highest BCUT2D eigenvalue weighted by Crippen LogP contribution is 2.32. The van der Waals surface area contributed by atoms with Crippen molar-refractivity contribution >= 4 is 55.3 Å². The van der Waals surface area contributed by atoms with Crippen molar-refractivity contribution in [2.24, 2.45) is 0 Å². The van der Waals surface area contributed by atoms with E-state index >= 15 is 0 Å². The summed E-state index contributed by atoms with van der Waals surface area (Å²) >= 11 is 6.29. The van der Waals surface area contributed by atoms with E-state index < -0.39 is 0 Å². The number of para-hydroxylation sites is 1. The SMILES string of the molecule is Cc1csc(N(C(=O)c2ccc(Br)s2)c2ccccc2)n1. The number of nitrogens with zero attached hydrogens (tertiary/aromatic N) is 2. The summed E-state index contributed by atoms with van der Waals surface area (Å²) in [6.07, 6.45) is 0. The van der Waals surface area contributed by atoms with E-state index in [1.807, 2.05) is 54.8 Å². The summed E-state index contributed by atoms with van der Waals surface area (Å²) in [5, 5.41) is 2.64. The van der Waals surface area contributed by atoms with Crippen molar-refractivity contribution in [3.8, 4) is 0 Å². The van der Waals surface area contributed by atoms with E-state index in [4.69, 9.17) is 0 Å². The Balaban J connectivity index is 2.06. The molecule has 0 aliphatic heterocycles. The number of thiazole rings is 1. The van der Waals surface area contributed by atoms with E-state index in [0.717, 1.165) is 15.2 Å². The maximum absolute atomic E-state index is 12.9. The number of aryl methyl sites for hydroxylation is 1. The molecule has 0 fully saturated rings. The van der Waals surface area contributed by atoms with Crippen LogP contribution >= 0.6 is 38.6 Å². The third-order valence-corrected chi connectivity index (χ3v) is 5.35. The molecule has 106 valence electrons. The van der Waals surface area contributed by atoms with Gasteiger partial charge in [0.1, 0.15) is 0 Å². The third-order valence-electron chi connectivity index (χ3n) is 2.80. The number of benzene rings is 1. The van der Waals surface area contributed by atoms with Gasteiger partial charge in [0, 0.05) is 5.38 Å². The molecular weight excluding hydrogens is 368 g/mol. The molecule has 0 spiro atoms. The largest absolute Gasteiger partial charge is 0.274 e. The standard InChI is InChI=1S/C15H11BrN2OS2/c1-10-9-20-15(17-10)18(11-5-3-2-4-6-11)14(19)12-7-8-13(16)21-12/h2-9H,1H3. The molecule has 0 aliphatic carbocycles. The van der Waals surface area contributed by atoms with Crippen molar-refractivity contribution in [3.05, 3.63) is 62.2 Å². The van der Waals surface area contributed by atoms with Gasteiger partial charge >= 0.3 is 0 Å². The van der Waals surface area contributed by atoms with E-state index in [1.165, 1.54) is 22.7 Å². The fraction of sp³-hybridized carbons (Fsp3) is 0.0667. The Kier molecular flexibility index (Phi) is 4.19. The van der Waals surface area contributed by atoms with Crippen LogP contribution in [0.15, 0.2) is 51.6 Å². The number of rotatable bonds is 3. The van der Waals surface area contributed by atoms with Crippen LogP contribution in [-0.4, -0.2) is 10.9 Å². The quantitative estimate of drug-likeness (QED) is 0.622. The molecule has 2 heterocycles. The van der Waals surface area contributed by atoms with Crippen LogP contribution in [-0.2, 0) is 0 Å². The normalized spacial score (nSPS) is 10.6. The Labute approximate surface area is 139 Å². The number of aromatic nitrogens is 1. The van der Waals surface area contributed by atoms with Gasteiger partial charge in [-0.15, -0.1) is 22.7 Å². The minimum Gasteiger partial charge on any atom is -0.267 e. The third kappa shape index (κ3) is 3.07. The van der Waals surface area contributed by atoms with Crippen LogP contribution in [0.2, 0.25) is 0 Å². The van der Waals surface area contributed by atoms with Gasteiger partial charge in [0.25, 0.3) is 5.91 Å². The Bertz CT molecular complexity index is 767. The summed E-state index contributed by atoms with van der Waals surface area (Å²) in [7, 11) is 0. The molecule has 3 aromatic rings. The van der Waals surface area contributed by atoms with Gasteiger partial charge in [0.2, 0.25) is 0 Å². The van der Waals surface area contributed by atoms with E-state index in [0.29, 0.717) is 10.0 Å². The lowest BCUT2D eigenvalue weighted by atomic mass is 10.3. The van der Waals surface area contributed by atoms with Crippen molar-refractivity contribution in [2.45, 2.75) is 6.92 Å². The number of amides is 1. The first kappa shape index (κ1) is 14.4. The highest BCUT2D eigenvalue weighted by Gasteiger charge is 2.23. The first-order valence-corrected chi connectivity index (χ1v) is 8.71. The van der Waals surface area contributed by atoms with Crippen LogP contribution in [0.25, 0.3) is 0 Å². The second-order valence-corrected chi connectivity index (χ2v) is 7.65. The first-order chi connectivity index (χ1) is 10.1. The molecule has 0 saturated heterocycles. The number of carbonyl (C=O) groups is 1. The number of thiophene rings is 1. The maximum Gasteiger partial charge on any atom is 0.274 e. The Hall–Kier alpha value is -1.50. The second-order valence-electron chi connectivity index (χ2n) is 4.35. The maximum atomic E-state index is 12.9. The van der Waals surface area contributed by atoms with Crippen LogP contribution in [0.3, 0.4) is 0 Å². The van der Waals surface area contributed by atoms with Crippen molar-refractivity contribution < 1.29 is 4.79 Å². The van der Waals surface area contributed by atoms with Gasteiger partial charge in [-0.1, -0.05) is 18.2 Å². The van der Waals surface area contributed by atoms with E-state index in [9.17, 15) is 4.79 Å². The van der Waals surface area contributed by atoms with Crippen molar-refractivity contribution in [3.63, 3.8) is 0 Å². The molecule has 0 radical (unpaired) electrons. The molecular formula is C15H11BrN2OS2. The van der Waals surface area contributed by atoms with Gasteiger partial charge in [0.15, 0.2) is 5.13 Å². The average molecular weight is 379 g/mol. The smallest absolute Gasteiger partial charge is 0.267 e. The van der Waals surface area contributed by atoms with Crippen molar-refractivity contribution in [1.29, 1.82) is 0 Å². The topological polar surface area (TPSA) is 33.2 Å². The number of carbonyl (C=O) groups excluding carboxylic acids is 1. The highest BCUT2D eigenvalue weighted by atomic mass is 79.9. The fourth-order valence-electron chi connectivity index (χ4n) is 1.88. The second kappa shape index (κ2) is 6.09. The summed E-state index contributed by atoms with van der Waals surface area (Å²) in [4.78, 5) is 19.6. The molecule has 3 rings (SSSR count). The van der Waals surface area contributed by atoms with Crippen LogP contribution in [0.1, 0.15) is 15.4 Å². The molecule has 0 N–H and O–H groups in total. The van der Waals surface area contributed by atoms with E-state index in [-0.39, 0.29) is 5.91 Å². The van der Waals surface area contributed by atoms with E-state index in [1.54, 1.807) is 4.90 Å². The van der Waals surface area contributed by atoms with Crippen LogP contribution < -0.4 is 4.90 Å². The van der Waals surface area contributed by atoms with Gasteiger partial charge in [-0.05, 0) is 47.1 Å². The molecule has 3 nitrogen and oxygen atoms in total. The van der Waals surface area contributed by atoms with Gasteiger partial charge in [-0.2, -0.15) is 0 Å². The first-order valence-electron chi connectivity index (χ1n) is 6.22. The van der Waals surface area contributed by atoms with Gasteiger partial charge in [0.05, 0.1) is 20.0 Å². The van der Waals surface area contributed by atoms with Gasteiger partial charge in [-0.25, -0.2) is 4.98 Å². The monoisotopic (exact) mass is 378 g/mol. The minimum atomic E-state index is -0.0637. The summed E-state index contributed by atoms with van der Waals surface area (Å²) in [6.45, 7) is 1.93. The van der Waals surface area contributed by atoms with Gasteiger partial charge < -0.3 is 0 Å². The minimum absolute atomic E-state index is 0.0637. The molecule has 2 aromatic heterocycles. The van der Waals surface area contributed by atoms with E-state index in [2.05, 4.69) is 20.9 Å². The molecule has 1 aromatic carbocycles. The van der Waals surface area contributed by atoms with Gasteiger partial charge in [-0.3, -0.25) is 9.69 Å². The summed E-state index contributed by atoms with van der Waals surface area (Å²) in [6, 6.07) is 13.3. The summed E-state index contributed by atoms with van der Waals surface area (Å²) in [5.74, 6) is -0.0637. The predicted molar refractivity (Wildman–Crippen MR) is 91.8 cm³/mol. The van der Waals surface area contributed by atoms with Crippen molar-refractivity contribution in [1.82, 2.24) is 4.98 Å². The molecule has 0 unspecified atom stereocenters. The predicted octanol–water partition coefficient (Wildman–Crippen LogP) is 5.25. The Morgan fingerprint density at radius 3 is 2.52 bits per heavy atom. The fourth-order valence-corrected chi connectivity index (χ4v) is 4.01. The molecule has 0 saturated carbocycles. The average Bonchev–Trinajstić information content (AvgIpc) is 3.09. The van der Waals surface area contributed by atoms with Crippen LogP contribution in [0, 0.1) is 6.92 Å². The molecule has 21 heavy (non-hydrogen) atoms. The Morgan fingerprint density at radius 2 is 1.95 bits per heavy atom. The van der Waals surface area contributed by atoms with Crippen molar-refractivity contribution in [2.75, 3.05) is 4.90 Å². The highest BCUT2D eigenvalue weighted by molar-refractivity contribution is 9.11. The number of halogens is 1. The number of hydrogen-bond acceptors (Lipinski definition) is 4. The molecule has 6 heteroatoms. The lowest BCUT2D eigenvalue weighted by Crippen LogP contribution is -2.25. The lowest BCUT2D eigenvalue weighted by Gasteiger charge is -2.19. The van der Waals surface area contributed by atoms with Crippen LogP contribution in [0.5, 0.6) is 0 Å². The molecule has 0 aliphatic rings. The van der Waals surface area contributed by atoms with Crippen LogP contribution in [0.4, 0.5) is 10.8 Å². The summed E-state index contributed by atoms with van der Waals surface area (Å²) in [5.41, 5.74) is 1.73. The number of anilines is 2. The Morgan fingerprint density at radius 1 is 1.19 bits per heavy atom. The zero-order chi connectivity index (χ0) is 14.8. The number of hydrogen-bond donors (Lipinski definition) is 0. The molecule has 0 bridgehead atoms.